The number of aromatic amines is 1. The Balaban J connectivity index is 1.56. The first-order valence-corrected chi connectivity index (χ1v) is 8.67. The summed E-state index contributed by atoms with van der Waals surface area (Å²) in [7, 11) is 0. The Hall–Kier alpha value is -2.08. The van der Waals surface area contributed by atoms with Gasteiger partial charge in [0.25, 0.3) is 0 Å². The highest BCUT2D eigenvalue weighted by Gasteiger charge is 2.28. The highest BCUT2D eigenvalue weighted by atomic mass is 32.2. The first kappa shape index (κ1) is 15.8. The van der Waals surface area contributed by atoms with Crippen LogP contribution in [0.25, 0.3) is 0 Å². The number of hydrogen-bond donors (Lipinski definition) is 1. The van der Waals surface area contributed by atoms with Crippen molar-refractivity contribution in [2.24, 2.45) is 0 Å². The molecule has 1 aromatic carbocycles. The van der Waals surface area contributed by atoms with Gasteiger partial charge in [-0.15, -0.1) is 0 Å². The number of imide groups is 1. The van der Waals surface area contributed by atoms with Crippen molar-refractivity contribution in [2.45, 2.75) is 31.3 Å². The number of thioether (sulfide) groups is 1. The number of aromatic nitrogens is 2. The predicted molar refractivity (Wildman–Crippen MR) is 89.3 cm³/mol. The number of rotatable bonds is 6. The molecule has 120 valence electrons. The normalized spacial score (nSPS) is 14.7. The number of imidazole rings is 1. The topological polar surface area (TPSA) is 66.1 Å². The molecule has 23 heavy (non-hydrogen) atoms. The molecule has 2 aromatic rings. The van der Waals surface area contributed by atoms with E-state index in [4.69, 9.17) is 0 Å². The second-order valence-electron chi connectivity index (χ2n) is 5.56. The number of nitrogens with one attached hydrogen (secondary N) is 1. The first-order valence-electron chi connectivity index (χ1n) is 7.69. The standard InChI is InChI=1S/C17H19N3O2S/c1-12-14(11-13-5-3-2-4-6-13)19-17(18-12)23-10-9-20-15(21)7-8-16(20)22/h2-6H,7-11H2,1H3,(H,18,19). The van der Waals surface area contributed by atoms with Crippen LogP contribution in [0.4, 0.5) is 0 Å². The number of benzene rings is 1. The number of amides is 2. The molecule has 0 saturated carbocycles. The van der Waals surface area contributed by atoms with Gasteiger partial charge in [-0.1, -0.05) is 42.1 Å². The minimum atomic E-state index is -0.0593. The number of H-pyrrole nitrogens is 1. The molecule has 0 radical (unpaired) electrons. The predicted octanol–water partition coefficient (Wildman–Crippen LogP) is 2.55. The Morgan fingerprint density at radius 2 is 1.87 bits per heavy atom. The maximum atomic E-state index is 11.6. The van der Waals surface area contributed by atoms with Gasteiger partial charge >= 0.3 is 0 Å². The van der Waals surface area contributed by atoms with E-state index in [2.05, 4.69) is 22.1 Å². The molecule has 1 N–H and O–H groups in total. The van der Waals surface area contributed by atoms with Crippen molar-refractivity contribution in [3.63, 3.8) is 0 Å². The first-order chi connectivity index (χ1) is 11.1. The van der Waals surface area contributed by atoms with E-state index < -0.39 is 0 Å². The van der Waals surface area contributed by atoms with Crippen molar-refractivity contribution in [3.05, 3.63) is 47.3 Å². The van der Waals surface area contributed by atoms with Crippen LogP contribution < -0.4 is 0 Å². The average molecular weight is 329 g/mol. The molecule has 1 aromatic heterocycles. The molecule has 2 heterocycles. The summed E-state index contributed by atoms with van der Waals surface area (Å²) in [6.07, 6.45) is 1.50. The summed E-state index contributed by atoms with van der Waals surface area (Å²) in [5, 5.41) is 0.840. The summed E-state index contributed by atoms with van der Waals surface area (Å²) in [4.78, 5) is 32.4. The van der Waals surface area contributed by atoms with E-state index in [1.54, 1.807) is 11.8 Å². The summed E-state index contributed by atoms with van der Waals surface area (Å²) < 4.78 is 0. The number of carbonyl (C=O) groups excluding carboxylic acids is 2. The van der Waals surface area contributed by atoms with Gasteiger partial charge < -0.3 is 4.98 Å². The van der Waals surface area contributed by atoms with E-state index in [9.17, 15) is 9.59 Å². The highest BCUT2D eigenvalue weighted by Crippen LogP contribution is 2.20. The van der Waals surface area contributed by atoms with Crippen molar-refractivity contribution in [1.29, 1.82) is 0 Å². The maximum Gasteiger partial charge on any atom is 0.229 e. The van der Waals surface area contributed by atoms with Crippen LogP contribution in [0.5, 0.6) is 0 Å². The van der Waals surface area contributed by atoms with Crippen molar-refractivity contribution in [2.75, 3.05) is 12.3 Å². The summed E-state index contributed by atoms with van der Waals surface area (Å²) in [6.45, 7) is 2.47. The van der Waals surface area contributed by atoms with E-state index in [0.29, 0.717) is 25.1 Å². The highest BCUT2D eigenvalue weighted by molar-refractivity contribution is 7.99. The molecule has 0 aliphatic carbocycles. The Morgan fingerprint density at radius 3 is 2.57 bits per heavy atom. The number of likely N-dealkylation sites (tertiary alicyclic amines) is 1. The monoisotopic (exact) mass is 329 g/mol. The number of nitrogens with zero attached hydrogens (tertiary/aromatic N) is 2. The van der Waals surface area contributed by atoms with Gasteiger partial charge in [0.1, 0.15) is 0 Å². The van der Waals surface area contributed by atoms with Gasteiger partial charge in [0.15, 0.2) is 5.16 Å². The van der Waals surface area contributed by atoms with E-state index in [-0.39, 0.29) is 11.8 Å². The third-order valence-electron chi connectivity index (χ3n) is 3.89. The Kier molecular flexibility index (Phi) is 4.81. The molecular weight excluding hydrogens is 310 g/mol. The van der Waals surface area contributed by atoms with Gasteiger partial charge in [-0.3, -0.25) is 14.5 Å². The molecule has 6 heteroatoms. The third-order valence-corrected chi connectivity index (χ3v) is 4.74. The summed E-state index contributed by atoms with van der Waals surface area (Å²) >= 11 is 1.54. The van der Waals surface area contributed by atoms with Crippen LogP contribution in [0.2, 0.25) is 0 Å². The molecule has 0 spiro atoms. The molecule has 0 bridgehead atoms. The van der Waals surface area contributed by atoms with Crippen molar-refractivity contribution in [1.82, 2.24) is 14.9 Å². The van der Waals surface area contributed by atoms with Gasteiger partial charge in [-0.2, -0.15) is 0 Å². The van der Waals surface area contributed by atoms with E-state index in [1.165, 1.54) is 10.5 Å². The summed E-state index contributed by atoms with van der Waals surface area (Å²) in [5.74, 6) is 0.543. The van der Waals surface area contributed by atoms with Gasteiger partial charge in [0.2, 0.25) is 11.8 Å². The number of hydrogen-bond acceptors (Lipinski definition) is 4. The summed E-state index contributed by atoms with van der Waals surface area (Å²) in [5.41, 5.74) is 3.32. The molecule has 1 fully saturated rings. The van der Waals surface area contributed by atoms with Crippen LogP contribution in [0.1, 0.15) is 29.8 Å². The minimum Gasteiger partial charge on any atom is -0.337 e. The zero-order valence-corrected chi connectivity index (χ0v) is 13.9. The maximum absolute atomic E-state index is 11.6. The van der Waals surface area contributed by atoms with Crippen LogP contribution in [0.15, 0.2) is 35.5 Å². The third kappa shape index (κ3) is 3.82. The average Bonchev–Trinajstić information content (AvgIpc) is 3.05. The lowest BCUT2D eigenvalue weighted by atomic mass is 10.1. The molecule has 5 nitrogen and oxygen atoms in total. The molecule has 0 unspecified atom stereocenters. The second-order valence-corrected chi connectivity index (χ2v) is 6.65. The lowest BCUT2D eigenvalue weighted by Gasteiger charge is -2.12. The molecule has 0 atom stereocenters. The second kappa shape index (κ2) is 7.00. The largest absolute Gasteiger partial charge is 0.337 e. The molecule has 1 aliphatic heterocycles. The van der Waals surface area contributed by atoms with Gasteiger partial charge in [-0.25, -0.2) is 4.98 Å². The van der Waals surface area contributed by atoms with Crippen LogP contribution in [-0.2, 0) is 16.0 Å². The molecular formula is C17H19N3O2S. The Morgan fingerprint density at radius 1 is 1.17 bits per heavy atom. The number of aryl methyl sites for hydroxylation is 1. The van der Waals surface area contributed by atoms with Crippen LogP contribution in [-0.4, -0.2) is 39.0 Å². The van der Waals surface area contributed by atoms with Crippen molar-refractivity contribution < 1.29 is 9.59 Å². The molecule has 3 rings (SSSR count). The quantitative estimate of drug-likeness (QED) is 0.653. The van der Waals surface area contributed by atoms with E-state index >= 15 is 0 Å². The van der Waals surface area contributed by atoms with Crippen LogP contribution in [0, 0.1) is 6.92 Å². The van der Waals surface area contributed by atoms with Gasteiger partial charge in [0.05, 0.1) is 5.69 Å². The fourth-order valence-electron chi connectivity index (χ4n) is 2.60. The van der Waals surface area contributed by atoms with Gasteiger partial charge in [0, 0.05) is 37.3 Å². The fourth-order valence-corrected chi connectivity index (χ4v) is 3.47. The molecule has 2 amide bonds. The van der Waals surface area contributed by atoms with Crippen molar-refractivity contribution in [3.8, 4) is 0 Å². The number of carbonyl (C=O) groups is 2. The van der Waals surface area contributed by atoms with Crippen molar-refractivity contribution >= 4 is 23.6 Å². The summed E-state index contributed by atoms with van der Waals surface area (Å²) in [6, 6.07) is 10.2. The van der Waals surface area contributed by atoms with Gasteiger partial charge in [-0.05, 0) is 12.5 Å². The smallest absolute Gasteiger partial charge is 0.229 e. The van der Waals surface area contributed by atoms with E-state index in [1.807, 2.05) is 25.1 Å². The van der Waals surface area contributed by atoms with Crippen LogP contribution >= 0.6 is 11.8 Å². The van der Waals surface area contributed by atoms with Crippen LogP contribution in [0.3, 0.4) is 0 Å². The zero-order valence-electron chi connectivity index (χ0n) is 13.0. The zero-order chi connectivity index (χ0) is 16.2. The Bertz CT molecular complexity index is 696. The SMILES string of the molecule is Cc1[nH]c(SCCN2C(=O)CCC2=O)nc1Cc1ccccc1. The Labute approximate surface area is 139 Å². The fraction of sp³-hybridized carbons (Fsp3) is 0.353. The lowest BCUT2D eigenvalue weighted by Crippen LogP contribution is -2.31. The van der Waals surface area contributed by atoms with E-state index in [0.717, 1.165) is 23.0 Å². The molecule has 1 saturated heterocycles. The lowest BCUT2D eigenvalue weighted by molar-refractivity contribution is -0.137. The molecule has 1 aliphatic rings. The minimum absolute atomic E-state index is 0.0593.